The predicted molar refractivity (Wildman–Crippen MR) is 59.3 cm³/mol. The summed E-state index contributed by atoms with van der Waals surface area (Å²) in [5.41, 5.74) is 0. The molecule has 0 N–H and O–H groups in total. The Bertz CT molecular complexity index is 169. The average Bonchev–Trinajstić information content (AvgIpc) is 2.16. The summed E-state index contributed by atoms with van der Waals surface area (Å²) in [7, 11) is 1.63. The highest BCUT2D eigenvalue weighted by molar-refractivity contribution is 9.11. The number of hydrogen-bond acceptors (Lipinski definition) is 1. The van der Waals surface area contributed by atoms with Crippen molar-refractivity contribution in [2.45, 2.75) is 20.8 Å². The molecule has 0 unspecified atom stereocenters. The minimum atomic E-state index is 0.789. The molecule has 0 atom stereocenters. The van der Waals surface area contributed by atoms with Crippen molar-refractivity contribution in [1.29, 1.82) is 0 Å². The van der Waals surface area contributed by atoms with Gasteiger partial charge in [0.2, 0.25) is 0 Å². The number of halogens is 1. The molecule has 0 bridgehead atoms. The van der Waals surface area contributed by atoms with E-state index in [4.69, 9.17) is 4.74 Å². The topological polar surface area (TPSA) is 9.23 Å². The molecule has 0 aliphatic rings. The van der Waals surface area contributed by atoms with Crippen LogP contribution < -0.4 is 0 Å². The van der Waals surface area contributed by atoms with Gasteiger partial charge in [0.15, 0.2) is 0 Å². The van der Waals surface area contributed by atoms with Crippen LogP contribution in [0.2, 0.25) is 0 Å². The number of rotatable bonds is 3. The van der Waals surface area contributed by atoms with Crippen LogP contribution in [-0.4, -0.2) is 7.11 Å². The van der Waals surface area contributed by atoms with E-state index in [1.165, 1.54) is 0 Å². The number of ether oxygens (including phenoxy) is 1. The van der Waals surface area contributed by atoms with E-state index in [0.29, 0.717) is 0 Å². The molecule has 0 aromatic carbocycles. The van der Waals surface area contributed by atoms with Crippen molar-refractivity contribution in [3.63, 3.8) is 0 Å². The molecular weight excluding hydrogens is 216 g/mol. The molecule has 0 fully saturated rings. The maximum absolute atomic E-state index is 5.02. The van der Waals surface area contributed by atoms with Gasteiger partial charge in [0.25, 0.3) is 0 Å². The Kier molecular flexibility index (Phi) is 12.3. The van der Waals surface area contributed by atoms with Crippen molar-refractivity contribution in [1.82, 2.24) is 0 Å². The predicted octanol–water partition coefficient (Wildman–Crippen LogP) is 4.03. The number of allylic oxidation sites excluding steroid dienone is 4. The van der Waals surface area contributed by atoms with E-state index < -0.39 is 0 Å². The van der Waals surface area contributed by atoms with Crippen LogP contribution in [0.15, 0.2) is 35.0 Å². The molecule has 12 heavy (non-hydrogen) atoms. The first-order valence-corrected chi connectivity index (χ1v) is 4.74. The lowest BCUT2D eigenvalue weighted by molar-refractivity contribution is 0.305. The molecule has 0 aliphatic carbocycles. The van der Waals surface area contributed by atoms with Gasteiger partial charge in [-0.2, -0.15) is 0 Å². The highest BCUT2D eigenvalue weighted by atomic mass is 79.9. The van der Waals surface area contributed by atoms with E-state index in [2.05, 4.69) is 22.5 Å². The number of hydrogen-bond donors (Lipinski definition) is 0. The van der Waals surface area contributed by atoms with Crippen molar-refractivity contribution in [3.8, 4) is 0 Å². The van der Waals surface area contributed by atoms with Crippen LogP contribution in [0.3, 0.4) is 0 Å². The molecule has 0 spiro atoms. The van der Waals surface area contributed by atoms with E-state index in [9.17, 15) is 0 Å². The van der Waals surface area contributed by atoms with Crippen LogP contribution in [0, 0.1) is 0 Å². The van der Waals surface area contributed by atoms with E-state index in [-0.39, 0.29) is 0 Å². The first kappa shape index (κ1) is 14.0. The lowest BCUT2D eigenvalue weighted by Crippen LogP contribution is -1.84. The van der Waals surface area contributed by atoms with Gasteiger partial charge in [-0.05, 0) is 28.9 Å². The maximum Gasteiger partial charge on any atom is 0.132 e. The minimum Gasteiger partial charge on any atom is -0.496 e. The summed E-state index contributed by atoms with van der Waals surface area (Å²) < 4.78 is 5.96. The van der Waals surface area contributed by atoms with E-state index in [0.717, 1.165) is 10.2 Å². The van der Waals surface area contributed by atoms with Crippen LogP contribution >= 0.6 is 15.9 Å². The van der Waals surface area contributed by atoms with Gasteiger partial charge in [-0.1, -0.05) is 32.6 Å². The molecular formula is C10H17BrO. The van der Waals surface area contributed by atoms with Gasteiger partial charge in [-0.25, -0.2) is 0 Å². The van der Waals surface area contributed by atoms with Crippen LogP contribution in [0.4, 0.5) is 0 Å². The SMILES string of the molecule is C=C/C=C(OC)\C(Br)=C/C.CC. The molecule has 70 valence electrons. The van der Waals surface area contributed by atoms with Crippen molar-refractivity contribution in [3.05, 3.63) is 35.0 Å². The summed E-state index contributed by atoms with van der Waals surface area (Å²) in [6, 6.07) is 0. The van der Waals surface area contributed by atoms with Gasteiger partial charge >= 0.3 is 0 Å². The van der Waals surface area contributed by atoms with Gasteiger partial charge in [-0.15, -0.1) is 0 Å². The quantitative estimate of drug-likeness (QED) is 0.528. The lowest BCUT2D eigenvalue weighted by Gasteiger charge is -2.01. The van der Waals surface area contributed by atoms with Crippen LogP contribution in [0.1, 0.15) is 20.8 Å². The highest BCUT2D eigenvalue weighted by Crippen LogP contribution is 2.16. The molecule has 0 radical (unpaired) electrons. The first-order chi connectivity index (χ1) is 5.76. The second-order valence-corrected chi connectivity index (χ2v) is 2.46. The Balaban J connectivity index is 0. The molecule has 0 heterocycles. The second kappa shape index (κ2) is 10.5. The van der Waals surface area contributed by atoms with Crippen LogP contribution in [0.25, 0.3) is 0 Å². The van der Waals surface area contributed by atoms with Gasteiger partial charge in [0.1, 0.15) is 5.76 Å². The number of methoxy groups -OCH3 is 1. The Morgan fingerprint density at radius 3 is 2.17 bits per heavy atom. The fraction of sp³-hybridized carbons (Fsp3) is 0.400. The van der Waals surface area contributed by atoms with Crippen molar-refractivity contribution < 1.29 is 4.74 Å². The molecule has 0 saturated carbocycles. The summed E-state index contributed by atoms with van der Waals surface area (Å²) in [4.78, 5) is 0. The Hall–Kier alpha value is -0.500. The van der Waals surface area contributed by atoms with Crippen molar-refractivity contribution in [2.24, 2.45) is 0 Å². The molecule has 0 saturated heterocycles. The monoisotopic (exact) mass is 232 g/mol. The Labute approximate surface area is 83.9 Å². The van der Waals surface area contributed by atoms with Crippen molar-refractivity contribution >= 4 is 15.9 Å². The zero-order valence-corrected chi connectivity index (χ0v) is 9.81. The van der Waals surface area contributed by atoms with Gasteiger partial charge in [0, 0.05) is 0 Å². The molecule has 2 heteroatoms. The zero-order valence-electron chi connectivity index (χ0n) is 8.23. The molecule has 0 amide bonds. The normalized spacial score (nSPS) is 11.4. The summed E-state index contributed by atoms with van der Waals surface area (Å²) in [5.74, 6) is 0.789. The zero-order chi connectivity index (χ0) is 9.98. The average molecular weight is 233 g/mol. The fourth-order valence-electron chi connectivity index (χ4n) is 0.494. The molecule has 0 aromatic rings. The summed E-state index contributed by atoms with van der Waals surface area (Å²) in [5, 5.41) is 0. The Morgan fingerprint density at radius 1 is 1.42 bits per heavy atom. The van der Waals surface area contributed by atoms with Crippen molar-refractivity contribution in [2.75, 3.05) is 7.11 Å². The molecule has 0 rings (SSSR count). The van der Waals surface area contributed by atoms with Crippen LogP contribution in [-0.2, 0) is 4.74 Å². The van der Waals surface area contributed by atoms with Gasteiger partial charge in [-0.3, -0.25) is 0 Å². The summed E-state index contributed by atoms with van der Waals surface area (Å²) >= 11 is 3.32. The van der Waals surface area contributed by atoms with E-state index in [1.54, 1.807) is 19.3 Å². The molecule has 0 aromatic heterocycles. The summed E-state index contributed by atoms with van der Waals surface area (Å²) in [6.07, 6.45) is 5.40. The fourth-order valence-corrected chi connectivity index (χ4v) is 0.788. The third kappa shape index (κ3) is 6.23. The highest BCUT2D eigenvalue weighted by Gasteiger charge is 1.95. The van der Waals surface area contributed by atoms with E-state index in [1.807, 2.05) is 26.8 Å². The third-order valence-corrected chi connectivity index (χ3v) is 1.83. The van der Waals surface area contributed by atoms with Crippen LogP contribution in [0.5, 0.6) is 0 Å². The third-order valence-electron chi connectivity index (χ3n) is 0.978. The Morgan fingerprint density at radius 2 is 1.92 bits per heavy atom. The first-order valence-electron chi connectivity index (χ1n) is 3.95. The second-order valence-electron chi connectivity index (χ2n) is 1.61. The molecule has 1 nitrogen and oxygen atoms in total. The smallest absolute Gasteiger partial charge is 0.132 e. The van der Waals surface area contributed by atoms with Gasteiger partial charge in [0.05, 0.1) is 11.6 Å². The standard InChI is InChI=1S/C8H11BrO.C2H6/c1-4-6-8(10-3)7(9)5-2;1-2/h4-6H,1H2,2-3H3;1-2H3/b7-5+,8-6+;. The molecule has 0 aliphatic heterocycles. The summed E-state index contributed by atoms with van der Waals surface area (Å²) in [6.45, 7) is 9.49. The minimum absolute atomic E-state index is 0.789. The lowest BCUT2D eigenvalue weighted by atomic mass is 10.4. The van der Waals surface area contributed by atoms with E-state index >= 15 is 0 Å². The van der Waals surface area contributed by atoms with Gasteiger partial charge < -0.3 is 4.74 Å². The largest absolute Gasteiger partial charge is 0.496 e. The maximum atomic E-state index is 5.02.